The second kappa shape index (κ2) is 5.66. The standard InChI is InChI=1S/C11H12N6O4S/c1-15-5-12-9(17(20)21)10(15)22-11-13-7-3-2-6(16(18)19)4-8(7)14-11/h2-5,16-18,20H,1H3,(H,13,14). The van der Waals surface area contributed by atoms with Crippen LogP contribution < -0.4 is 10.5 Å². The van der Waals surface area contributed by atoms with E-state index in [0.29, 0.717) is 21.2 Å². The number of rotatable bonds is 4. The first-order valence-corrected chi connectivity index (χ1v) is 6.93. The van der Waals surface area contributed by atoms with Crippen LogP contribution in [-0.2, 0) is 7.05 Å². The van der Waals surface area contributed by atoms with Crippen LogP contribution in [0.1, 0.15) is 0 Å². The number of fused-ring (bicyclic) bond motifs is 1. The number of benzene rings is 1. The topological polar surface area (TPSA) is 142 Å². The summed E-state index contributed by atoms with van der Waals surface area (Å²) < 4.78 is 1.59. The maximum atomic E-state index is 11.1. The first kappa shape index (κ1) is 14.9. The van der Waals surface area contributed by atoms with Crippen LogP contribution in [-0.4, -0.2) is 29.9 Å². The predicted octanol–water partition coefficient (Wildman–Crippen LogP) is -0.746. The molecule has 0 spiro atoms. The van der Waals surface area contributed by atoms with Crippen LogP contribution in [0.4, 0.5) is 11.5 Å². The molecule has 0 aliphatic carbocycles. The molecule has 1 aromatic carbocycles. The molecule has 0 amide bonds. The zero-order chi connectivity index (χ0) is 15.9. The van der Waals surface area contributed by atoms with Gasteiger partial charge in [0, 0.05) is 19.2 Å². The van der Waals surface area contributed by atoms with Crippen LogP contribution in [0.15, 0.2) is 34.7 Å². The third-order valence-corrected chi connectivity index (χ3v) is 4.05. The lowest BCUT2D eigenvalue weighted by molar-refractivity contribution is -0.994. The molecule has 10 nitrogen and oxygen atoms in total. The molecule has 3 aromatic rings. The first-order valence-electron chi connectivity index (χ1n) is 6.11. The summed E-state index contributed by atoms with van der Waals surface area (Å²) in [7, 11) is 1.69. The number of hydrogen-bond acceptors (Lipinski definition) is 7. The molecule has 2 atom stereocenters. The zero-order valence-electron chi connectivity index (χ0n) is 11.3. The molecule has 0 aliphatic heterocycles. The fraction of sp³-hybridized carbons (Fsp3) is 0.0909. The summed E-state index contributed by atoms with van der Waals surface area (Å²) in [5, 5.41) is 38.9. The smallest absolute Gasteiger partial charge is 0.291 e. The van der Waals surface area contributed by atoms with Crippen LogP contribution in [0.25, 0.3) is 11.0 Å². The highest BCUT2D eigenvalue weighted by molar-refractivity contribution is 7.99. The van der Waals surface area contributed by atoms with E-state index in [0.717, 1.165) is 11.8 Å². The Morgan fingerprint density at radius 3 is 2.73 bits per heavy atom. The van der Waals surface area contributed by atoms with Crippen LogP contribution in [0.5, 0.6) is 0 Å². The molecule has 116 valence electrons. The highest BCUT2D eigenvalue weighted by Gasteiger charge is 2.18. The number of hydrogen-bond donors (Lipinski definition) is 5. The molecule has 3 rings (SSSR count). The van der Waals surface area contributed by atoms with Gasteiger partial charge in [-0.1, -0.05) is 0 Å². The molecule has 11 heteroatoms. The average molecular weight is 324 g/mol. The minimum absolute atomic E-state index is 0.0563. The number of aryl methyl sites for hydroxylation is 1. The normalized spacial score (nSPS) is 14.4. The molecule has 0 bridgehead atoms. The van der Waals surface area contributed by atoms with Crippen molar-refractivity contribution in [2.75, 3.05) is 0 Å². The number of quaternary nitrogens is 2. The van der Waals surface area contributed by atoms with Crippen molar-refractivity contribution in [3.05, 3.63) is 34.9 Å². The van der Waals surface area contributed by atoms with E-state index < -0.39 is 10.5 Å². The van der Waals surface area contributed by atoms with Crippen molar-refractivity contribution in [3.8, 4) is 0 Å². The molecule has 5 N–H and O–H groups in total. The van der Waals surface area contributed by atoms with Gasteiger partial charge in [0.2, 0.25) is 0 Å². The van der Waals surface area contributed by atoms with E-state index in [1.165, 1.54) is 18.5 Å². The lowest BCUT2D eigenvalue weighted by Gasteiger charge is -2.10. The molecule has 0 saturated carbocycles. The van der Waals surface area contributed by atoms with Crippen molar-refractivity contribution in [3.63, 3.8) is 0 Å². The lowest BCUT2D eigenvalue weighted by atomic mass is 10.3. The molecule has 2 aromatic heterocycles. The average Bonchev–Trinajstić information content (AvgIpc) is 3.02. The van der Waals surface area contributed by atoms with Gasteiger partial charge >= 0.3 is 0 Å². The van der Waals surface area contributed by atoms with E-state index >= 15 is 0 Å². The summed E-state index contributed by atoms with van der Waals surface area (Å²) in [4.78, 5) is 11.1. The minimum atomic E-state index is -1.12. The summed E-state index contributed by atoms with van der Waals surface area (Å²) in [6.07, 6.45) is 1.41. The van der Waals surface area contributed by atoms with Gasteiger partial charge in [-0.05, 0) is 17.8 Å². The van der Waals surface area contributed by atoms with Crippen LogP contribution in [0.2, 0.25) is 0 Å². The van der Waals surface area contributed by atoms with Gasteiger partial charge in [-0.2, -0.15) is 15.4 Å². The summed E-state index contributed by atoms with van der Waals surface area (Å²) in [5.41, 5.74) is 1.33. The quantitative estimate of drug-likeness (QED) is 0.398. The van der Waals surface area contributed by atoms with E-state index in [1.54, 1.807) is 17.7 Å². The van der Waals surface area contributed by atoms with Crippen molar-refractivity contribution in [1.82, 2.24) is 19.5 Å². The van der Waals surface area contributed by atoms with Crippen molar-refractivity contribution in [2.24, 2.45) is 7.05 Å². The monoisotopic (exact) mass is 324 g/mol. The maximum absolute atomic E-state index is 11.1. The molecule has 2 unspecified atom stereocenters. The Morgan fingerprint density at radius 1 is 1.27 bits per heavy atom. The SMILES string of the molecule is Cn1cnc([NH+]([O-])O)c1Sc1nc2ccc([NH+]([O-])O)cc2[nH]1. The van der Waals surface area contributed by atoms with Crippen molar-refractivity contribution < 1.29 is 20.9 Å². The maximum Gasteiger partial charge on any atom is 0.291 e. The largest absolute Gasteiger partial charge is 0.595 e. The molecular formula is C11H12N6O4S. The van der Waals surface area contributed by atoms with E-state index in [2.05, 4.69) is 15.0 Å². The van der Waals surface area contributed by atoms with Crippen LogP contribution in [0, 0.1) is 10.4 Å². The Bertz CT molecular complexity index is 814. The number of H-pyrrole nitrogens is 1. The Hall–Kier alpha value is -1.99. The van der Waals surface area contributed by atoms with Crippen LogP contribution in [0.3, 0.4) is 0 Å². The van der Waals surface area contributed by atoms with Gasteiger partial charge in [-0.3, -0.25) is 0 Å². The third kappa shape index (κ3) is 2.69. The highest BCUT2D eigenvalue weighted by Crippen LogP contribution is 2.30. The van der Waals surface area contributed by atoms with Gasteiger partial charge in [0.25, 0.3) is 5.82 Å². The van der Waals surface area contributed by atoms with Gasteiger partial charge < -0.3 is 20.0 Å². The molecule has 2 heterocycles. The molecular weight excluding hydrogens is 312 g/mol. The van der Waals surface area contributed by atoms with E-state index in [9.17, 15) is 10.4 Å². The van der Waals surface area contributed by atoms with Crippen LogP contribution >= 0.6 is 11.8 Å². The Kier molecular flexibility index (Phi) is 3.84. The van der Waals surface area contributed by atoms with E-state index in [-0.39, 0.29) is 11.5 Å². The fourth-order valence-corrected chi connectivity index (χ4v) is 2.86. The van der Waals surface area contributed by atoms with E-state index in [1.807, 2.05) is 0 Å². The molecule has 22 heavy (non-hydrogen) atoms. The zero-order valence-corrected chi connectivity index (χ0v) is 12.1. The Labute approximate surface area is 127 Å². The summed E-state index contributed by atoms with van der Waals surface area (Å²) >= 11 is 1.12. The number of imidazole rings is 2. The highest BCUT2D eigenvalue weighted by atomic mass is 32.2. The number of nitrogens with one attached hydrogen (secondary N) is 3. The third-order valence-electron chi connectivity index (χ3n) is 2.99. The number of aromatic nitrogens is 4. The van der Waals surface area contributed by atoms with Gasteiger partial charge in [-0.25, -0.2) is 15.4 Å². The van der Waals surface area contributed by atoms with E-state index in [4.69, 9.17) is 10.4 Å². The van der Waals surface area contributed by atoms with Crippen molar-refractivity contribution >= 4 is 34.3 Å². The Morgan fingerprint density at radius 2 is 2.05 bits per heavy atom. The second-order valence-electron chi connectivity index (χ2n) is 4.50. The Balaban J connectivity index is 1.96. The summed E-state index contributed by atoms with van der Waals surface area (Å²) in [5.74, 6) is -0.0563. The van der Waals surface area contributed by atoms with Gasteiger partial charge in [0.15, 0.2) is 15.9 Å². The molecule has 0 fully saturated rings. The first-order chi connectivity index (χ1) is 10.5. The number of aromatic amines is 1. The second-order valence-corrected chi connectivity index (χ2v) is 5.47. The van der Waals surface area contributed by atoms with Gasteiger partial charge in [-0.15, -0.1) is 0 Å². The molecule has 0 radical (unpaired) electrons. The summed E-state index contributed by atoms with van der Waals surface area (Å²) in [6.45, 7) is 0. The van der Waals surface area contributed by atoms with Gasteiger partial charge in [0.05, 0.1) is 11.0 Å². The lowest BCUT2D eigenvalue weighted by Crippen LogP contribution is -2.99. The fourth-order valence-electron chi connectivity index (χ4n) is 1.95. The van der Waals surface area contributed by atoms with Crippen molar-refractivity contribution in [2.45, 2.75) is 10.2 Å². The predicted molar refractivity (Wildman–Crippen MR) is 75.0 cm³/mol. The van der Waals surface area contributed by atoms with Crippen molar-refractivity contribution in [1.29, 1.82) is 0 Å². The summed E-state index contributed by atoms with van der Waals surface area (Å²) in [6, 6.07) is 4.55. The molecule has 0 saturated heterocycles. The minimum Gasteiger partial charge on any atom is -0.595 e. The molecule has 0 aliphatic rings. The van der Waals surface area contributed by atoms with Gasteiger partial charge in [0.1, 0.15) is 6.33 Å². The number of nitrogens with zero attached hydrogens (tertiary/aromatic N) is 3.